The molecule has 1 nitrogen and oxygen atoms in total. The number of rotatable bonds is 2. The van der Waals surface area contributed by atoms with Crippen molar-refractivity contribution in [2.75, 3.05) is 0 Å². The van der Waals surface area contributed by atoms with E-state index in [1.165, 1.54) is 18.2 Å². The Hall–Kier alpha value is -0.480. The highest BCUT2D eigenvalue weighted by molar-refractivity contribution is 7.80. The number of benzene rings is 1. The summed E-state index contributed by atoms with van der Waals surface area (Å²) in [6, 6.07) is 4.13. The van der Waals surface area contributed by atoms with Gasteiger partial charge in [0.25, 0.3) is 0 Å². The van der Waals surface area contributed by atoms with E-state index in [0.29, 0.717) is 9.92 Å². The summed E-state index contributed by atoms with van der Waals surface area (Å²) < 4.78 is 27.5. The van der Waals surface area contributed by atoms with Crippen LogP contribution in [-0.2, 0) is 0 Å². The molecule has 5 heteroatoms. The molecular formula is C7H5ClF2OS. The van der Waals surface area contributed by atoms with E-state index in [2.05, 4.69) is 17.4 Å². The van der Waals surface area contributed by atoms with Crippen LogP contribution in [0.3, 0.4) is 0 Å². The van der Waals surface area contributed by atoms with Crippen molar-refractivity contribution in [1.29, 1.82) is 0 Å². The lowest BCUT2D eigenvalue weighted by atomic mass is 10.3. The third-order valence-corrected chi connectivity index (χ3v) is 1.97. The molecule has 12 heavy (non-hydrogen) atoms. The number of thiol groups is 1. The molecule has 0 N–H and O–H groups in total. The van der Waals surface area contributed by atoms with Crippen LogP contribution in [0.25, 0.3) is 0 Å². The van der Waals surface area contributed by atoms with E-state index >= 15 is 0 Å². The van der Waals surface area contributed by atoms with Gasteiger partial charge in [-0.25, -0.2) is 0 Å². The molecular weight excluding hydrogens is 206 g/mol. The molecule has 0 saturated carbocycles. The van der Waals surface area contributed by atoms with Crippen molar-refractivity contribution in [2.24, 2.45) is 0 Å². The van der Waals surface area contributed by atoms with Gasteiger partial charge in [0.05, 0.1) is 5.02 Å². The second-order valence-electron chi connectivity index (χ2n) is 1.99. The quantitative estimate of drug-likeness (QED) is 0.738. The molecule has 0 bridgehead atoms. The van der Waals surface area contributed by atoms with Gasteiger partial charge in [0.1, 0.15) is 5.75 Å². The molecule has 0 saturated heterocycles. The minimum absolute atomic E-state index is 0.0550. The summed E-state index contributed by atoms with van der Waals surface area (Å²) >= 11 is 9.53. The van der Waals surface area contributed by atoms with Crippen LogP contribution in [0.2, 0.25) is 5.02 Å². The third kappa shape index (κ3) is 2.53. The van der Waals surface area contributed by atoms with Crippen molar-refractivity contribution >= 4 is 24.2 Å². The van der Waals surface area contributed by atoms with E-state index in [1.54, 1.807) is 0 Å². The number of halogens is 3. The van der Waals surface area contributed by atoms with Gasteiger partial charge in [-0.3, -0.25) is 0 Å². The molecule has 0 aliphatic heterocycles. The Morgan fingerprint density at radius 3 is 2.58 bits per heavy atom. The van der Waals surface area contributed by atoms with Gasteiger partial charge < -0.3 is 4.74 Å². The third-order valence-electron chi connectivity index (χ3n) is 1.14. The first-order valence-corrected chi connectivity index (χ1v) is 3.85. The Labute approximate surface area is 78.7 Å². The maximum atomic E-state index is 11.7. The fourth-order valence-corrected chi connectivity index (χ4v) is 0.988. The summed E-state index contributed by atoms with van der Waals surface area (Å²) in [4.78, 5) is 0.412. The fraction of sp³-hybridized carbons (Fsp3) is 0.143. The van der Waals surface area contributed by atoms with Gasteiger partial charge in [-0.15, -0.1) is 12.6 Å². The van der Waals surface area contributed by atoms with E-state index in [9.17, 15) is 8.78 Å². The van der Waals surface area contributed by atoms with Crippen LogP contribution in [0, 0.1) is 0 Å². The topological polar surface area (TPSA) is 9.23 Å². The Morgan fingerprint density at radius 1 is 1.42 bits per heavy atom. The Kier molecular flexibility index (Phi) is 3.17. The Morgan fingerprint density at radius 2 is 2.08 bits per heavy atom. The van der Waals surface area contributed by atoms with Crippen LogP contribution in [0.5, 0.6) is 5.75 Å². The zero-order valence-corrected chi connectivity index (χ0v) is 7.45. The number of ether oxygens (including phenoxy) is 1. The number of hydrogen-bond acceptors (Lipinski definition) is 2. The lowest BCUT2D eigenvalue weighted by Gasteiger charge is -2.04. The molecule has 0 atom stereocenters. The van der Waals surface area contributed by atoms with Crippen molar-refractivity contribution < 1.29 is 13.5 Å². The smallest absolute Gasteiger partial charge is 0.387 e. The molecule has 0 amide bonds. The summed E-state index contributed by atoms with van der Waals surface area (Å²) in [5, 5.41) is 0.403. The normalized spacial score (nSPS) is 10.4. The maximum absolute atomic E-state index is 11.7. The highest BCUT2D eigenvalue weighted by atomic mass is 35.5. The SMILES string of the molecule is FC(F)Oc1ccc(Cl)c(S)c1. The molecule has 66 valence electrons. The first-order valence-electron chi connectivity index (χ1n) is 3.03. The molecule has 0 spiro atoms. The second kappa shape index (κ2) is 3.96. The van der Waals surface area contributed by atoms with Crippen LogP contribution in [0.15, 0.2) is 23.1 Å². The number of hydrogen-bond donors (Lipinski definition) is 1. The summed E-state index contributed by atoms with van der Waals surface area (Å²) in [6.45, 7) is -2.82. The van der Waals surface area contributed by atoms with Crippen LogP contribution >= 0.6 is 24.2 Å². The summed E-state index contributed by atoms with van der Waals surface area (Å²) in [7, 11) is 0. The van der Waals surface area contributed by atoms with Gasteiger partial charge in [0, 0.05) is 4.90 Å². The summed E-state index contributed by atoms with van der Waals surface area (Å²) in [5.74, 6) is 0.0550. The molecule has 0 heterocycles. The van der Waals surface area contributed by atoms with Gasteiger partial charge in [-0.1, -0.05) is 11.6 Å². The van der Waals surface area contributed by atoms with Crippen LogP contribution in [0.4, 0.5) is 8.78 Å². The van der Waals surface area contributed by atoms with Crippen molar-refractivity contribution in [2.45, 2.75) is 11.5 Å². The van der Waals surface area contributed by atoms with Crippen molar-refractivity contribution in [3.63, 3.8) is 0 Å². The molecule has 0 aromatic heterocycles. The van der Waals surface area contributed by atoms with Crippen molar-refractivity contribution in [3.8, 4) is 5.75 Å². The van der Waals surface area contributed by atoms with E-state index < -0.39 is 6.61 Å². The average molecular weight is 211 g/mol. The molecule has 0 aliphatic rings. The summed E-state index contributed by atoms with van der Waals surface area (Å²) in [6.07, 6.45) is 0. The van der Waals surface area contributed by atoms with E-state index in [-0.39, 0.29) is 5.75 Å². The predicted molar refractivity (Wildman–Crippen MR) is 45.3 cm³/mol. The maximum Gasteiger partial charge on any atom is 0.387 e. The van der Waals surface area contributed by atoms with Gasteiger partial charge in [0.15, 0.2) is 0 Å². The predicted octanol–water partition coefficient (Wildman–Crippen LogP) is 3.23. The minimum Gasteiger partial charge on any atom is -0.435 e. The highest BCUT2D eigenvalue weighted by Gasteiger charge is 2.05. The molecule has 0 radical (unpaired) electrons. The van der Waals surface area contributed by atoms with E-state index in [0.717, 1.165) is 0 Å². The zero-order chi connectivity index (χ0) is 9.14. The molecule has 1 aromatic carbocycles. The summed E-state index contributed by atoms with van der Waals surface area (Å²) in [5.41, 5.74) is 0. The van der Waals surface area contributed by atoms with Gasteiger partial charge in [0.2, 0.25) is 0 Å². The second-order valence-corrected chi connectivity index (χ2v) is 2.88. The largest absolute Gasteiger partial charge is 0.435 e. The highest BCUT2D eigenvalue weighted by Crippen LogP contribution is 2.25. The molecule has 1 aromatic rings. The Balaban J connectivity index is 2.82. The van der Waals surface area contributed by atoms with Gasteiger partial charge in [-0.05, 0) is 18.2 Å². The average Bonchev–Trinajstić information content (AvgIpc) is 1.96. The van der Waals surface area contributed by atoms with Crippen LogP contribution in [-0.4, -0.2) is 6.61 Å². The zero-order valence-electron chi connectivity index (χ0n) is 5.80. The lowest BCUT2D eigenvalue weighted by Crippen LogP contribution is -2.01. The molecule has 0 unspecified atom stereocenters. The first kappa shape index (κ1) is 9.61. The Bertz CT molecular complexity index is 280. The standard InChI is InChI=1S/C7H5ClF2OS/c8-5-2-1-4(3-6(5)12)11-7(9)10/h1-3,7,12H. The van der Waals surface area contributed by atoms with Gasteiger partial charge in [-0.2, -0.15) is 8.78 Å². The van der Waals surface area contributed by atoms with E-state index in [1.807, 2.05) is 0 Å². The molecule has 0 aliphatic carbocycles. The van der Waals surface area contributed by atoms with Crippen molar-refractivity contribution in [3.05, 3.63) is 23.2 Å². The first-order chi connectivity index (χ1) is 5.59. The van der Waals surface area contributed by atoms with Crippen LogP contribution < -0.4 is 4.74 Å². The van der Waals surface area contributed by atoms with Crippen LogP contribution in [0.1, 0.15) is 0 Å². The molecule has 1 rings (SSSR count). The minimum atomic E-state index is -2.82. The van der Waals surface area contributed by atoms with Crippen molar-refractivity contribution in [1.82, 2.24) is 0 Å². The number of alkyl halides is 2. The fourth-order valence-electron chi connectivity index (χ4n) is 0.669. The molecule has 0 fully saturated rings. The van der Waals surface area contributed by atoms with E-state index in [4.69, 9.17) is 11.6 Å². The monoisotopic (exact) mass is 210 g/mol. The lowest BCUT2D eigenvalue weighted by molar-refractivity contribution is -0.0499. The van der Waals surface area contributed by atoms with Gasteiger partial charge >= 0.3 is 6.61 Å².